The predicted molar refractivity (Wildman–Crippen MR) is 217 cm³/mol. The SMILES string of the molecule is C=C[C@@H]1C[C@]1(NC(=O)[C@@H]1CC(Oc2cc(-c3ccccc3)nc3cc(OC)ccc23)CN1C(=O)[C@@H](CC(=O)OC(C)(C)C)CN1CC=CC1=O)C(=O)NS(=O)(=O)C1CC1. The van der Waals surface area contributed by atoms with Crippen molar-refractivity contribution in [3.63, 3.8) is 0 Å². The molecule has 2 N–H and O–H groups in total. The van der Waals surface area contributed by atoms with Gasteiger partial charge < -0.3 is 29.3 Å². The summed E-state index contributed by atoms with van der Waals surface area (Å²) in [6.07, 6.45) is 4.32. The van der Waals surface area contributed by atoms with Crippen molar-refractivity contribution in [3.8, 4) is 22.8 Å². The monoisotopic (exact) mass is 827 g/mol. The Hall–Kier alpha value is -5.77. The van der Waals surface area contributed by atoms with Crippen LogP contribution in [0.15, 0.2) is 79.4 Å². The summed E-state index contributed by atoms with van der Waals surface area (Å²) in [5, 5.41) is 2.78. The number of hydrogen-bond acceptors (Lipinski definition) is 11. The average molecular weight is 828 g/mol. The van der Waals surface area contributed by atoms with E-state index in [2.05, 4.69) is 16.6 Å². The summed E-state index contributed by atoms with van der Waals surface area (Å²) in [7, 11) is -2.39. The van der Waals surface area contributed by atoms with Crippen LogP contribution in [-0.2, 0) is 38.7 Å². The number of nitrogens with one attached hydrogen (secondary N) is 2. The lowest BCUT2D eigenvalue weighted by atomic mass is 10.0. The molecule has 312 valence electrons. The van der Waals surface area contributed by atoms with Gasteiger partial charge in [0.1, 0.15) is 34.8 Å². The van der Waals surface area contributed by atoms with Crippen molar-refractivity contribution >= 4 is 50.5 Å². The summed E-state index contributed by atoms with van der Waals surface area (Å²) < 4.78 is 45.5. The van der Waals surface area contributed by atoms with E-state index >= 15 is 0 Å². The molecule has 1 aromatic heterocycles. The number of fused-ring (bicyclic) bond motifs is 1. The van der Waals surface area contributed by atoms with Crippen LogP contribution in [0.1, 0.15) is 52.9 Å². The fourth-order valence-corrected chi connectivity index (χ4v) is 9.05. The van der Waals surface area contributed by atoms with Crippen LogP contribution in [0, 0.1) is 11.8 Å². The first kappa shape index (κ1) is 41.4. The molecule has 16 heteroatoms. The van der Waals surface area contributed by atoms with Crippen LogP contribution < -0.4 is 19.5 Å². The van der Waals surface area contributed by atoms with Gasteiger partial charge in [-0.05, 0) is 52.2 Å². The number of rotatable bonds is 15. The zero-order valence-electron chi connectivity index (χ0n) is 33.5. The number of sulfonamides is 1. The Labute approximate surface area is 343 Å². The van der Waals surface area contributed by atoms with Crippen molar-refractivity contribution in [1.82, 2.24) is 24.8 Å². The minimum atomic E-state index is -3.95. The summed E-state index contributed by atoms with van der Waals surface area (Å²) >= 11 is 0. The highest BCUT2D eigenvalue weighted by atomic mass is 32.2. The Balaban J connectivity index is 1.22. The Bertz CT molecular complexity index is 2320. The quantitative estimate of drug-likeness (QED) is 0.168. The first-order valence-corrected chi connectivity index (χ1v) is 21.2. The van der Waals surface area contributed by atoms with Gasteiger partial charge in [-0.1, -0.05) is 42.5 Å². The van der Waals surface area contributed by atoms with E-state index in [4.69, 9.17) is 19.2 Å². The van der Waals surface area contributed by atoms with Crippen LogP contribution in [0.4, 0.5) is 0 Å². The van der Waals surface area contributed by atoms with Crippen molar-refractivity contribution in [2.24, 2.45) is 11.8 Å². The molecule has 2 saturated carbocycles. The lowest BCUT2D eigenvalue weighted by Gasteiger charge is -2.31. The number of carbonyl (C=O) groups is 5. The number of esters is 1. The highest BCUT2D eigenvalue weighted by molar-refractivity contribution is 7.91. The van der Waals surface area contributed by atoms with Crippen molar-refractivity contribution < 1.29 is 46.6 Å². The molecule has 2 aliphatic carbocycles. The zero-order valence-corrected chi connectivity index (χ0v) is 34.3. The number of benzene rings is 2. The van der Waals surface area contributed by atoms with Crippen LogP contribution in [0.5, 0.6) is 11.5 Å². The van der Waals surface area contributed by atoms with E-state index in [1.807, 2.05) is 36.4 Å². The van der Waals surface area contributed by atoms with Gasteiger partial charge in [0, 0.05) is 54.6 Å². The number of carbonyl (C=O) groups excluding carboxylic acids is 5. The molecular formula is C43H49N5O10S. The van der Waals surface area contributed by atoms with Gasteiger partial charge in [-0.25, -0.2) is 13.4 Å². The maximum atomic E-state index is 14.8. The summed E-state index contributed by atoms with van der Waals surface area (Å²) in [5.74, 6) is -3.82. The molecule has 3 aromatic rings. The Morgan fingerprint density at radius 2 is 1.83 bits per heavy atom. The number of likely N-dealkylation sites (tertiary alicyclic amines) is 1. The van der Waals surface area contributed by atoms with Gasteiger partial charge in [0.25, 0.3) is 5.91 Å². The minimum absolute atomic E-state index is 0.0294. The highest BCUT2D eigenvalue weighted by Crippen LogP contribution is 2.46. The molecule has 0 spiro atoms. The molecule has 4 aliphatic rings. The number of aromatic nitrogens is 1. The van der Waals surface area contributed by atoms with E-state index in [1.54, 1.807) is 52.2 Å². The third kappa shape index (κ3) is 9.12. The maximum absolute atomic E-state index is 14.8. The largest absolute Gasteiger partial charge is 0.497 e. The van der Waals surface area contributed by atoms with Crippen molar-refractivity contribution in [3.05, 3.63) is 79.4 Å². The first-order valence-electron chi connectivity index (χ1n) is 19.7. The summed E-state index contributed by atoms with van der Waals surface area (Å²) in [5.41, 5.74) is -0.439. The second-order valence-electron chi connectivity index (χ2n) is 16.6. The molecule has 0 radical (unpaired) electrons. The summed E-state index contributed by atoms with van der Waals surface area (Å²) in [6.45, 7) is 8.91. The molecule has 0 bridgehead atoms. The zero-order chi connectivity index (χ0) is 42.3. The van der Waals surface area contributed by atoms with Crippen LogP contribution in [0.3, 0.4) is 0 Å². The third-order valence-electron chi connectivity index (χ3n) is 11.0. The molecule has 1 saturated heterocycles. The van der Waals surface area contributed by atoms with E-state index in [0.29, 0.717) is 40.9 Å². The van der Waals surface area contributed by atoms with Gasteiger partial charge in [0.15, 0.2) is 0 Å². The van der Waals surface area contributed by atoms with Gasteiger partial charge in [0.2, 0.25) is 27.7 Å². The molecule has 5 atom stereocenters. The van der Waals surface area contributed by atoms with Crippen LogP contribution in [-0.4, -0.2) is 108 Å². The van der Waals surface area contributed by atoms with Crippen molar-refractivity contribution in [1.29, 1.82) is 0 Å². The van der Waals surface area contributed by atoms with E-state index in [9.17, 15) is 32.4 Å². The number of hydrogen-bond donors (Lipinski definition) is 2. The minimum Gasteiger partial charge on any atom is -0.497 e. The van der Waals surface area contributed by atoms with Gasteiger partial charge in [0.05, 0.1) is 42.5 Å². The fourth-order valence-electron chi connectivity index (χ4n) is 7.69. The molecule has 4 amide bonds. The Morgan fingerprint density at radius 3 is 2.46 bits per heavy atom. The highest BCUT2D eigenvalue weighted by Gasteiger charge is 2.62. The molecular weight excluding hydrogens is 779 g/mol. The lowest BCUT2D eigenvalue weighted by molar-refractivity contribution is -0.159. The van der Waals surface area contributed by atoms with Crippen LogP contribution >= 0.6 is 0 Å². The lowest BCUT2D eigenvalue weighted by Crippen LogP contribution is -2.57. The second-order valence-corrected chi connectivity index (χ2v) is 18.5. The van der Waals surface area contributed by atoms with E-state index in [0.717, 1.165) is 5.56 Å². The summed E-state index contributed by atoms with van der Waals surface area (Å²) in [6, 6.07) is 15.4. The molecule has 3 heterocycles. The Morgan fingerprint density at radius 1 is 1.08 bits per heavy atom. The number of amides is 4. The average Bonchev–Trinajstić information content (AvgIpc) is 4.09. The summed E-state index contributed by atoms with van der Waals surface area (Å²) in [4.78, 5) is 76.6. The van der Waals surface area contributed by atoms with Gasteiger partial charge >= 0.3 is 5.97 Å². The number of nitrogens with zero attached hydrogens (tertiary/aromatic N) is 3. The van der Waals surface area contributed by atoms with Crippen molar-refractivity contribution in [2.75, 3.05) is 26.7 Å². The van der Waals surface area contributed by atoms with Crippen LogP contribution in [0.2, 0.25) is 0 Å². The molecule has 59 heavy (non-hydrogen) atoms. The number of methoxy groups -OCH3 is 1. The Kier molecular flexibility index (Phi) is 11.3. The number of pyridine rings is 1. The topological polar surface area (TPSA) is 191 Å². The third-order valence-corrected chi connectivity index (χ3v) is 12.8. The standard InChI is InChI=1S/C43H49N5O10S/c1-6-28-23-43(28,41(53)46-59(54,55)31-15-16-31)45-39(51)35-21-30(25-48(35)40(52)27(19-38(50)58-42(2,3)4)24-47-18-10-13-37(47)49)57-36-22-33(26-11-8-7-9-12-26)44-34-20-29(56-5)14-17-32(34)36/h6-14,17,20,22,27-28,30-31,35H,1,15-16,18-19,21,23-25H2,2-5H3,(H,45,51)(H,46,53)/t27-,28+,30?,35-,43+/m0/s1. The molecule has 7 rings (SSSR count). The van der Waals surface area contributed by atoms with E-state index in [1.165, 1.54) is 22.0 Å². The normalized spacial score (nSPS) is 23.1. The van der Waals surface area contributed by atoms with E-state index < -0.39 is 74.1 Å². The first-order chi connectivity index (χ1) is 28.0. The molecule has 1 unspecified atom stereocenters. The molecule has 3 fully saturated rings. The van der Waals surface area contributed by atoms with Crippen LogP contribution in [0.25, 0.3) is 22.2 Å². The number of ether oxygens (including phenoxy) is 3. The molecule has 15 nitrogen and oxygen atoms in total. The molecule has 2 aromatic carbocycles. The smallest absolute Gasteiger partial charge is 0.307 e. The van der Waals surface area contributed by atoms with Gasteiger partial charge in [-0.2, -0.15) is 0 Å². The fraction of sp³-hybridized carbons (Fsp3) is 0.442. The van der Waals surface area contributed by atoms with Gasteiger partial charge in [-0.15, -0.1) is 6.58 Å². The molecule has 2 aliphatic heterocycles. The second kappa shape index (κ2) is 16.1. The van der Waals surface area contributed by atoms with E-state index in [-0.39, 0.29) is 44.8 Å². The van der Waals surface area contributed by atoms with Gasteiger partial charge in [-0.3, -0.25) is 28.7 Å². The maximum Gasteiger partial charge on any atom is 0.307 e. The predicted octanol–water partition coefficient (Wildman–Crippen LogP) is 3.67. The van der Waals surface area contributed by atoms with Crippen molar-refractivity contribution in [2.45, 2.75) is 81.4 Å².